The van der Waals surface area contributed by atoms with E-state index in [1.165, 1.54) is 5.56 Å². The Balaban J connectivity index is 1.46. The van der Waals surface area contributed by atoms with Crippen molar-refractivity contribution in [1.29, 1.82) is 0 Å². The molecule has 2 aromatic rings. The van der Waals surface area contributed by atoms with Gasteiger partial charge in [0, 0.05) is 50.3 Å². The Morgan fingerprint density at radius 2 is 1.86 bits per heavy atom. The SMILES string of the molecule is CCOC(=O)N1CCN(c2ccnc(C(=O)N3CCc4ccccc43)c2)CC1. The molecule has 0 atom stereocenters. The van der Waals surface area contributed by atoms with Crippen LogP contribution in [0.1, 0.15) is 23.0 Å². The number of benzene rings is 1. The number of ether oxygens (including phenoxy) is 1. The molecule has 0 aliphatic carbocycles. The highest BCUT2D eigenvalue weighted by atomic mass is 16.6. The predicted octanol–water partition coefficient (Wildman–Crippen LogP) is 2.56. The Morgan fingerprint density at radius 3 is 2.64 bits per heavy atom. The van der Waals surface area contributed by atoms with Gasteiger partial charge in [-0.15, -0.1) is 0 Å². The normalized spacial score (nSPS) is 16.1. The number of pyridine rings is 1. The minimum Gasteiger partial charge on any atom is -0.450 e. The molecular formula is C21H24N4O3. The molecule has 7 heteroatoms. The van der Waals surface area contributed by atoms with Crippen LogP contribution in [0, 0.1) is 0 Å². The summed E-state index contributed by atoms with van der Waals surface area (Å²) in [7, 11) is 0. The van der Waals surface area contributed by atoms with Gasteiger partial charge in [-0.3, -0.25) is 9.78 Å². The van der Waals surface area contributed by atoms with Gasteiger partial charge in [0.15, 0.2) is 0 Å². The highest BCUT2D eigenvalue weighted by molar-refractivity contribution is 6.06. The third-order valence-electron chi connectivity index (χ3n) is 5.27. The maximum Gasteiger partial charge on any atom is 0.409 e. The summed E-state index contributed by atoms with van der Waals surface area (Å²) in [5.74, 6) is -0.0723. The summed E-state index contributed by atoms with van der Waals surface area (Å²) >= 11 is 0. The Hall–Kier alpha value is -3.09. The fraction of sp³-hybridized carbons (Fsp3) is 0.381. The molecule has 1 fully saturated rings. The molecule has 0 radical (unpaired) electrons. The van der Waals surface area contributed by atoms with Crippen molar-refractivity contribution in [3.8, 4) is 0 Å². The second-order valence-electron chi connectivity index (χ2n) is 6.91. The van der Waals surface area contributed by atoms with E-state index in [4.69, 9.17) is 4.74 Å². The fourth-order valence-electron chi connectivity index (χ4n) is 3.78. The lowest BCUT2D eigenvalue weighted by Gasteiger charge is -2.35. The van der Waals surface area contributed by atoms with Crippen molar-refractivity contribution in [3.05, 3.63) is 53.9 Å². The van der Waals surface area contributed by atoms with Crippen LogP contribution in [-0.2, 0) is 11.2 Å². The van der Waals surface area contributed by atoms with Crippen molar-refractivity contribution in [2.75, 3.05) is 49.1 Å². The molecule has 0 N–H and O–H groups in total. The van der Waals surface area contributed by atoms with Gasteiger partial charge in [-0.1, -0.05) is 18.2 Å². The molecule has 0 saturated carbocycles. The second kappa shape index (κ2) is 7.88. The number of para-hydroxylation sites is 1. The van der Waals surface area contributed by atoms with Gasteiger partial charge in [0.2, 0.25) is 0 Å². The number of hydrogen-bond donors (Lipinski definition) is 0. The molecule has 2 aliphatic rings. The van der Waals surface area contributed by atoms with Crippen LogP contribution in [0.4, 0.5) is 16.2 Å². The first kappa shape index (κ1) is 18.3. The molecule has 2 amide bonds. The fourth-order valence-corrected chi connectivity index (χ4v) is 3.78. The highest BCUT2D eigenvalue weighted by Crippen LogP contribution is 2.29. The first-order valence-electron chi connectivity index (χ1n) is 9.70. The summed E-state index contributed by atoms with van der Waals surface area (Å²) in [6, 6.07) is 11.8. The third-order valence-corrected chi connectivity index (χ3v) is 5.27. The van der Waals surface area contributed by atoms with Crippen LogP contribution in [0.5, 0.6) is 0 Å². The largest absolute Gasteiger partial charge is 0.450 e. The summed E-state index contributed by atoms with van der Waals surface area (Å²) in [6.07, 6.45) is 2.29. The highest BCUT2D eigenvalue weighted by Gasteiger charge is 2.27. The van der Waals surface area contributed by atoms with Crippen LogP contribution in [0.2, 0.25) is 0 Å². The van der Waals surface area contributed by atoms with E-state index < -0.39 is 0 Å². The van der Waals surface area contributed by atoms with Crippen molar-refractivity contribution in [1.82, 2.24) is 9.88 Å². The Kier molecular flexibility index (Phi) is 5.14. The molecule has 7 nitrogen and oxygen atoms in total. The smallest absolute Gasteiger partial charge is 0.409 e. The van der Waals surface area contributed by atoms with Gasteiger partial charge in [0.05, 0.1) is 6.61 Å². The molecule has 0 spiro atoms. The van der Waals surface area contributed by atoms with Gasteiger partial charge in [0.1, 0.15) is 5.69 Å². The lowest BCUT2D eigenvalue weighted by molar-refractivity contribution is 0.0984. The Morgan fingerprint density at radius 1 is 1.07 bits per heavy atom. The summed E-state index contributed by atoms with van der Waals surface area (Å²) in [4.78, 5) is 34.9. The van der Waals surface area contributed by atoms with E-state index in [-0.39, 0.29) is 12.0 Å². The molecular weight excluding hydrogens is 356 g/mol. The lowest BCUT2D eigenvalue weighted by Crippen LogP contribution is -2.49. The number of anilines is 2. The Labute approximate surface area is 164 Å². The van der Waals surface area contributed by atoms with Crippen molar-refractivity contribution < 1.29 is 14.3 Å². The van der Waals surface area contributed by atoms with Gasteiger partial charge in [-0.05, 0) is 37.1 Å². The predicted molar refractivity (Wildman–Crippen MR) is 107 cm³/mol. The molecule has 1 aromatic carbocycles. The zero-order chi connectivity index (χ0) is 19.5. The summed E-state index contributed by atoms with van der Waals surface area (Å²) in [6.45, 7) is 5.47. The number of amides is 2. The zero-order valence-corrected chi connectivity index (χ0v) is 16.0. The van der Waals surface area contributed by atoms with E-state index in [1.807, 2.05) is 37.3 Å². The first-order valence-corrected chi connectivity index (χ1v) is 9.70. The van der Waals surface area contributed by atoms with Gasteiger partial charge < -0.3 is 19.4 Å². The van der Waals surface area contributed by atoms with Gasteiger partial charge in [-0.25, -0.2) is 4.79 Å². The summed E-state index contributed by atoms with van der Waals surface area (Å²) < 4.78 is 5.07. The van der Waals surface area contributed by atoms with Crippen LogP contribution in [-0.4, -0.2) is 61.2 Å². The zero-order valence-electron chi connectivity index (χ0n) is 16.0. The monoisotopic (exact) mass is 380 g/mol. The minimum atomic E-state index is -0.263. The molecule has 1 aromatic heterocycles. The third kappa shape index (κ3) is 3.52. The van der Waals surface area contributed by atoms with E-state index in [9.17, 15) is 9.59 Å². The molecule has 2 aliphatic heterocycles. The number of aromatic nitrogens is 1. The van der Waals surface area contributed by atoms with E-state index >= 15 is 0 Å². The average Bonchev–Trinajstić information content (AvgIpc) is 3.18. The maximum atomic E-state index is 13.0. The molecule has 146 valence electrons. The van der Waals surface area contributed by atoms with Crippen molar-refractivity contribution >= 4 is 23.4 Å². The molecule has 28 heavy (non-hydrogen) atoms. The average molecular weight is 380 g/mol. The van der Waals surface area contributed by atoms with E-state index in [2.05, 4.69) is 16.0 Å². The number of carbonyl (C=O) groups is 2. The van der Waals surface area contributed by atoms with Crippen molar-refractivity contribution in [2.24, 2.45) is 0 Å². The number of piperazine rings is 1. The van der Waals surface area contributed by atoms with Gasteiger partial charge >= 0.3 is 6.09 Å². The van der Waals surface area contributed by atoms with E-state index in [0.29, 0.717) is 45.0 Å². The molecule has 0 bridgehead atoms. The molecule has 3 heterocycles. The maximum absolute atomic E-state index is 13.0. The Bertz CT molecular complexity index is 877. The van der Waals surface area contributed by atoms with Crippen LogP contribution in [0.3, 0.4) is 0 Å². The first-order chi connectivity index (χ1) is 13.7. The van der Waals surface area contributed by atoms with Crippen LogP contribution in [0.25, 0.3) is 0 Å². The quantitative estimate of drug-likeness (QED) is 0.819. The van der Waals surface area contributed by atoms with Crippen LogP contribution < -0.4 is 9.80 Å². The van der Waals surface area contributed by atoms with Crippen molar-refractivity contribution in [2.45, 2.75) is 13.3 Å². The lowest BCUT2D eigenvalue weighted by atomic mass is 10.2. The number of carbonyl (C=O) groups excluding carboxylic acids is 2. The minimum absolute atomic E-state index is 0.0723. The van der Waals surface area contributed by atoms with Crippen LogP contribution >= 0.6 is 0 Å². The topological polar surface area (TPSA) is 66.0 Å². The number of hydrogen-bond acceptors (Lipinski definition) is 5. The second-order valence-corrected chi connectivity index (χ2v) is 6.91. The number of fused-ring (bicyclic) bond motifs is 1. The number of nitrogens with zero attached hydrogens (tertiary/aromatic N) is 4. The molecule has 0 unspecified atom stereocenters. The number of rotatable bonds is 3. The van der Waals surface area contributed by atoms with Gasteiger partial charge in [-0.2, -0.15) is 0 Å². The summed E-state index contributed by atoms with van der Waals surface area (Å²) in [5, 5.41) is 0. The van der Waals surface area contributed by atoms with E-state index in [0.717, 1.165) is 17.8 Å². The van der Waals surface area contributed by atoms with E-state index in [1.54, 1.807) is 16.0 Å². The molecule has 4 rings (SSSR count). The summed E-state index contributed by atoms with van der Waals surface area (Å²) in [5.41, 5.74) is 3.57. The van der Waals surface area contributed by atoms with Gasteiger partial charge in [0.25, 0.3) is 5.91 Å². The standard InChI is InChI=1S/C21H24N4O3/c1-2-28-21(27)24-13-11-23(12-14-24)17-7-9-22-18(15-17)20(26)25-10-8-16-5-3-4-6-19(16)25/h3-7,9,15H,2,8,10-14H2,1H3. The molecule has 1 saturated heterocycles. The van der Waals surface area contributed by atoms with Crippen molar-refractivity contribution in [3.63, 3.8) is 0 Å². The van der Waals surface area contributed by atoms with Crippen LogP contribution in [0.15, 0.2) is 42.6 Å².